The molecule has 0 spiro atoms. The van der Waals surface area contributed by atoms with Crippen molar-refractivity contribution in [1.29, 1.82) is 0 Å². The first-order valence-electron chi connectivity index (χ1n) is 8.30. The van der Waals surface area contributed by atoms with Gasteiger partial charge in [0.15, 0.2) is 10.8 Å². The lowest BCUT2D eigenvalue weighted by atomic mass is 10.1. The molecule has 6 nitrogen and oxygen atoms in total. The predicted molar refractivity (Wildman–Crippen MR) is 91.0 cm³/mol. The summed E-state index contributed by atoms with van der Waals surface area (Å²) in [4.78, 5) is 21.3. The summed E-state index contributed by atoms with van der Waals surface area (Å²) in [6.45, 7) is 7.13. The van der Waals surface area contributed by atoms with Crippen LogP contribution in [-0.2, 0) is 16.0 Å². The van der Waals surface area contributed by atoms with E-state index in [1.807, 2.05) is 29.3 Å². The average molecular weight is 347 g/mol. The summed E-state index contributed by atoms with van der Waals surface area (Å²) >= 11 is 1.52. The quantitative estimate of drug-likeness (QED) is 0.844. The number of likely N-dealkylation sites (tertiary alicyclic amines) is 1. The van der Waals surface area contributed by atoms with Crippen molar-refractivity contribution >= 4 is 17.2 Å². The van der Waals surface area contributed by atoms with E-state index in [4.69, 9.17) is 9.15 Å². The van der Waals surface area contributed by atoms with Crippen molar-refractivity contribution in [2.24, 2.45) is 0 Å². The number of hydrogen-bond acceptors (Lipinski definition) is 6. The Morgan fingerprint density at radius 1 is 1.33 bits per heavy atom. The molecule has 4 heterocycles. The zero-order valence-corrected chi connectivity index (χ0v) is 14.6. The van der Waals surface area contributed by atoms with Crippen LogP contribution in [0.15, 0.2) is 21.9 Å². The molecule has 2 fully saturated rings. The minimum absolute atomic E-state index is 0.159. The normalized spacial score (nSPS) is 19.5. The Morgan fingerprint density at radius 2 is 2.12 bits per heavy atom. The monoisotopic (exact) mass is 347 g/mol. The molecule has 4 rings (SSSR count). The number of amides is 1. The van der Waals surface area contributed by atoms with Crippen LogP contribution in [0.4, 0.5) is 0 Å². The number of hydrogen-bond donors (Lipinski definition) is 0. The third-order valence-corrected chi connectivity index (χ3v) is 5.52. The number of nitrogens with zero attached hydrogens (tertiary/aromatic N) is 3. The minimum Gasteiger partial charge on any atom is -0.459 e. The van der Waals surface area contributed by atoms with Crippen LogP contribution in [-0.4, -0.2) is 66.1 Å². The van der Waals surface area contributed by atoms with E-state index in [1.54, 1.807) is 0 Å². The second kappa shape index (κ2) is 6.66. The fourth-order valence-electron chi connectivity index (χ4n) is 3.15. The third-order valence-electron chi connectivity index (χ3n) is 4.61. The fourth-order valence-corrected chi connectivity index (χ4v) is 3.93. The maximum absolute atomic E-state index is 12.4. The Balaban J connectivity index is 1.30. The summed E-state index contributed by atoms with van der Waals surface area (Å²) in [6, 6.07) is 4.34. The van der Waals surface area contributed by atoms with Gasteiger partial charge in [-0.2, -0.15) is 0 Å². The van der Waals surface area contributed by atoms with Crippen LogP contribution in [0.25, 0.3) is 10.8 Å². The largest absolute Gasteiger partial charge is 0.459 e. The van der Waals surface area contributed by atoms with E-state index < -0.39 is 0 Å². The molecule has 0 unspecified atom stereocenters. The molecule has 2 aliphatic rings. The smallest absolute Gasteiger partial charge is 0.228 e. The molecule has 0 radical (unpaired) electrons. The van der Waals surface area contributed by atoms with Gasteiger partial charge in [-0.05, 0) is 19.1 Å². The van der Waals surface area contributed by atoms with Gasteiger partial charge >= 0.3 is 0 Å². The van der Waals surface area contributed by atoms with Gasteiger partial charge in [0.1, 0.15) is 5.76 Å². The maximum Gasteiger partial charge on any atom is 0.228 e. The molecule has 128 valence electrons. The van der Waals surface area contributed by atoms with Gasteiger partial charge in [0.05, 0.1) is 25.3 Å². The van der Waals surface area contributed by atoms with Gasteiger partial charge in [-0.3, -0.25) is 9.69 Å². The molecule has 0 N–H and O–H groups in total. The van der Waals surface area contributed by atoms with Gasteiger partial charge < -0.3 is 14.1 Å². The summed E-state index contributed by atoms with van der Waals surface area (Å²) < 4.78 is 11.0. The number of ether oxygens (including phenoxy) is 1. The number of thiazole rings is 1. The zero-order valence-electron chi connectivity index (χ0n) is 13.7. The molecule has 7 heteroatoms. The van der Waals surface area contributed by atoms with Crippen LogP contribution < -0.4 is 0 Å². The van der Waals surface area contributed by atoms with Crippen molar-refractivity contribution in [3.05, 3.63) is 29.0 Å². The Kier molecular flexibility index (Phi) is 4.39. The Labute approximate surface area is 145 Å². The van der Waals surface area contributed by atoms with Gasteiger partial charge in [0, 0.05) is 37.6 Å². The molecule has 24 heavy (non-hydrogen) atoms. The van der Waals surface area contributed by atoms with Crippen molar-refractivity contribution in [3.8, 4) is 10.8 Å². The number of aromatic nitrogens is 1. The topological polar surface area (TPSA) is 58.8 Å². The third kappa shape index (κ3) is 3.24. The molecule has 0 atom stereocenters. The van der Waals surface area contributed by atoms with Gasteiger partial charge in [-0.15, -0.1) is 11.3 Å². The number of morpholine rings is 1. The van der Waals surface area contributed by atoms with Crippen molar-refractivity contribution in [3.63, 3.8) is 0 Å². The average Bonchev–Trinajstić information content (AvgIpc) is 3.16. The first kappa shape index (κ1) is 15.8. The molecule has 2 aromatic rings. The van der Waals surface area contributed by atoms with Crippen LogP contribution in [0.3, 0.4) is 0 Å². The van der Waals surface area contributed by atoms with Crippen molar-refractivity contribution in [2.45, 2.75) is 19.4 Å². The Bertz CT molecular complexity index is 714. The van der Waals surface area contributed by atoms with Gasteiger partial charge in [-0.1, -0.05) is 0 Å². The summed E-state index contributed by atoms with van der Waals surface area (Å²) in [7, 11) is 0. The number of aryl methyl sites for hydroxylation is 1. The van der Waals surface area contributed by atoms with E-state index in [1.165, 1.54) is 11.3 Å². The number of carbonyl (C=O) groups excluding carboxylic acids is 1. The fraction of sp³-hybridized carbons (Fsp3) is 0.529. The molecular formula is C17H21N3O3S. The SMILES string of the molecule is Cc1ccc(-c2nc(CC(=O)N3CC(N4CCOCC4)C3)cs2)o1. The van der Waals surface area contributed by atoms with Gasteiger partial charge in [0.25, 0.3) is 0 Å². The van der Waals surface area contributed by atoms with Gasteiger partial charge in [-0.25, -0.2) is 4.98 Å². The molecule has 0 bridgehead atoms. The standard InChI is InChI=1S/C17H21N3O3S/c1-12-2-3-15(23-12)17-18-13(11-24-17)8-16(21)20-9-14(10-20)19-4-6-22-7-5-19/h2-3,11,14H,4-10H2,1H3. The molecule has 0 aromatic carbocycles. The molecule has 0 saturated carbocycles. The number of furan rings is 1. The minimum atomic E-state index is 0.159. The second-order valence-electron chi connectivity index (χ2n) is 6.33. The van der Waals surface area contributed by atoms with Crippen LogP contribution in [0.2, 0.25) is 0 Å². The number of carbonyl (C=O) groups is 1. The van der Waals surface area contributed by atoms with E-state index in [0.717, 1.165) is 61.6 Å². The van der Waals surface area contributed by atoms with E-state index in [0.29, 0.717) is 12.5 Å². The highest BCUT2D eigenvalue weighted by molar-refractivity contribution is 7.13. The van der Waals surface area contributed by atoms with Crippen LogP contribution >= 0.6 is 11.3 Å². The molecule has 2 saturated heterocycles. The highest BCUT2D eigenvalue weighted by atomic mass is 32.1. The highest BCUT2D eigenvalue weighted by Gasteiger charge is 2.35. The lowest BCUT2D eigenvalue weighted by Gasteiger charge is -2.46. The van der Waals surface area contributed by atoms with E-state index >= 15 is 0 Å². The number of rotatable bonds is 4. The summed E-state index contributed by atoms with van der Waals surface area (Å²) in [5.41, 5.74) is 0.823. The molecule has 2 aromatic heterocycles. The van der Waals surface area contributed by atoms with Crippen LogP contribution in [0.5, 0.6) is 0 Å². The van der Waals surface area contributed by atoms with Crippen molar-refractivity contribution < 1.29 is 13.9 Å². The molecule has 2 aliphatic heterocycles. The lowest BCUT2D eigenvalue weighted by Crippen LogP contribution is -2.63. The van der Waals surface area contributed by atoms with E-state index in [2.05, 4.69) is 9.88 Å². The molecule has 0 aliphatic carbocycles. The summed E-state index contributed by atoms with van der Waals surface area (Å²) in [6.07, 6.45) is 0.367. The van der Waals surface area contributed by atoms with Crippen molar-refractivity contribution in [2.75, 3.05) is 39.4 Å². The highest BCUT2D eigenvalue weighted by Crippen LogP contribution is 2.26. The molecule has 1 amide bonds. The summed E-state index contributed by atoms with van der Waals surface area (Å²) in [5, 5.41) is 2.78. The first-order valence-corrected chi connectivity index (χ1v) is 9.18. The Hall–Kier alpha value is -1.70. The maximum atomic E-state index is 12.4. The van der Waals surface area contributed by atoms with Crippen molar-refractivity contribution in [1.82, 2.24) is 14.8 Å². The predicted octanol–water partition coefficient (Wildman–Crippen LogP) is 1.80. The second-order valence-corrected chi connectivity index (χ2v) is 7.19. The van der Waals surface area contributed by atoms with Crippen LogP contribution in [0, 0.1) is 6.92 Å². The van der Waals surface area contributed by atoms with Crippen LogP contribution in [0.1, 0.15) is 11.5 Å². The molecular weight excluding hydrogens is 326 g/mol. The zero-order chi connectivity index (χ0) is 16.5. The lowest BCUT2D eigenvalue weighted by molar-refractivity contribution is -0.139. The van der Waals surface area contributed by atoms with E-state index in [9.17, 15) is 4.79 Å². The van der Waals surface area contributed by atoms with E-state index in [-0.39, 0.29) is 5.91 Å². The summed E-state index contributed by atoms with van der Waals surface area (Å²) in [5.74, 6) is 1.80. The van der Waals surface area contributed by atoms with Gasteiger partial charge in [0.2, 0.25) is 5.91 Å². The Morgan fingerprint density at radius 3 is 2.83 bits per heavy atom. The first-order chi connectivity index (χ1) is 11.7.